The molecule has 0 bridgehead atoms. The molecule has 8 heteroatoms. The number of benzene rings is 1. The van der Waals surface area contributed by atoms with Crippen LogP contribution in [0.1, 0.15) is 31.7 Å². The Balaban J connectivity index is 1.50. The number of nitrogens with zero attached hydrogens (tertiary/aromatic N) is 2. The van der Waals surface area contributed by atoms with Crippen LogP contribution in [0, 0.1) is 5.82 Å². The van der Waals surface area contributed by atoms with Crippen LogP contribution in [0.5, 0.6) is 0 Å². The fraction of sp³-hybridized carbons (Fsp3) is 0.619. The van der Waals surface area contributed by atoms with Crippen LogP contribution in [0.15, 0.2) is 24.3 Å². The van der Waals surface area contributed by atoms with Crippen molar-refractivity contribution in [3.63, 3.8) is 0 Å². The van der Waals surface area contributed by atoms with E-state index in [9.17, 15) is 19.1 Å². The van der Waals surface area contributed by atoms with Crippen LogP contribution >= 0.6 is 0 Å². The summed E-state index contributed by atoms with van der Waals surface area (Å²) in [5, 5.41) is 13.3. The van der Waals surface area contributed by atoms with Gasteiger partial charge in [-0.25, -0.2) is 9.18 Å². The van der Waals surface area contributed by atoms with E-state index in [0.29, 0.717) is 44.3 Å². The summed E-state index contributed by atoms with van der Waals surface area (Å²) in [6.07, 6.45) is 1.50. The number of likely N-dealkylation sites (tertiary alicyclic amines) is 2. The summed E-state index contributed by atoms with van der Waals surface area (Å²) in [6.45, 7) is 4.81. The first-order chi connectivity index (χ1) is 14.0. The van der Waals surface area contributed by atoms with E-state index in [1.54, 1.807) is 24.0 Å². The second-order valence-corrected chi connectivity index (χ2v) is 7.75. The minimum Gasteiger partial charge on any atom is -0.450 e. The van der Waals surface area contributed by atoms with Crippen LogP contribution in [0.3, 0.4) is 0 Å². The van der Waals surface area contributed by atoms with Crippen molar-refractivity contribution in [2.24, 2.45) is 0 Å². The SMILES string of the molecule is CCOC(=O)N1CCC(N2CC[C@H](O)[C@H](NC(=O)Cc3cccc(F)c3)C2)CC1. The first-order valence-corrected chi connectivity index (χ1v) is 10.3. The number of aliphatic hydroxyl groups excluding tert-OH is 1. The van der Waals surface area contributed by atoms with Gasteiger partial charge in [0.15, 0.2) is 0 Å². The molecule has 2 saturated heterocycles. The Kier molecular flexibility index (Phi) is 7.44. The van der Waals surface area contributed by atoms with E-state index >= 15 is 0 Å². The normalized spacial score (nSPS) is 23.6. The minimum atomic E-state index is -0.595. The number of carbonyl (C=O) groups is 2. The highest BCUT2D eigenvalue weighted by Gasteiger charge is 2.34. The van der Waals surface area contributed by atoms with Crippen LogP contribution in [-0.4, -0.2) is 77.9 Å². The average Bonchev–Trinajstić information content (AvgIpc) is 2.70. The molecule has 0 saturated carbocycles. The van der Waals surface area contributed by atoms with Gasteiger partial charge in [0.2, 0.25) is 5.91 Å². The van der Waals surface area contributed by atoms with Gasteiger partial charge in [0.1, 0.15) is 5.82 Å². The lowest BCUT2D eigenvalue weighted by molar-refractivity contribution is -0.123. The molecule has 1 aromatic carbocycles. The largest absolute Gasteiger partial charge is 0.450 e. The van der Waals surface area contributed by atoms with E-state index < -0.39 is 6.10 Å². The Morgan fingerprint density at radius 1 is 1.24 bits per heavy atom. The van der Waals surface area contributed by atoms with Crippen molar-refractivity contribution in [3.05, 3.63) is 35.6 Å². The van der Waals surface area contributed by atoms with Crippen LogP contribution in [0.2, 0.25) is 0 Å². The molecule has 0 unspecified atom stereocenters. The highest BCUT2D eigenvalue weighted by molar-refractivity contribution is 5.79. The molecule has 3 rings (SSSR count). The second kappa shape index (κ2) is 10.0. The number of hydrogen-bond donors (Lipinski definition) is 2. The first-order valence-electron chi connectivity index (χ1n) is 10.3. The van der Waals surface area contributed by atoms with E-state index in [-0.39, 0.29) is 30.3 Å². The highest BCUT2D eigenvalue weighted by atomic mass is 19.1. The van der Waals surface area contributed by atoms with Crippen molar-refractivity contribution in [3.8, 4) is 0 Å². The highest BCUT2D eigenvalue weighted by Crippen LogP contribution is 2.22. The molecule has 0 aliphatic carbocycles. The van der Waals surface area contributed by atoms with Gasteiger partial charge in [-0.2, -0.15) is 0 Å². The van der Waals surface area contributed by atoms with E-state index in [1.807, 2.05) is 0 Å². The van der Waals surface area contributed by atoms with Gasteiger partial charge < -0.3 is 20.1 Å². The van der Waals surface area contributed by atoms with Crippen molar-refractivity contribution in [2.45, 2.75) is 50.8 Å². The van der Waals surface area contributed by atoms with E-state index in [0.717, 1.165) is 19.4 Å². The lowest BCUT2D eigenvalue weighted by Crippen LogP contribution is -2.59. The Morgan fingerprint density at radius 3 is 2.69 bits per heavy atom. The molecule has 2 heterocycles. The third-order valence-electron chi connectivity index (χ3n) is 5.71. The Morgan fingerprint density at radius 2 is 2.00 bits per heavy atom. The van der Waals surface area contributed by atoms with Crippen LogP contribution in [0.25, 0.3) is 0 Å². The van der Waals surface area contributed by atoms with Gasteiger partial charge >= 0.3 is 6.09 Å². The number of hydrogen-bond acceptors (Lipinski definition) is 5. The average molecular weight is 407 g/mol. The summed E-state index contributed by atoms with van der Waals surface area (Å²) < 4.78 is 18.4. The smallest absolute Gasteiger partial charge is 0.409 e. The Labute approximate surface area is 170 Å². The molecule has 2 fully saturated rings. The number of carbonyl (C=O) groups excluding carboxylic acids is 2. The zero-order chi connectivity index (χ0) is 20.8. The molecule has 2 atom stereocenters. The van der Waals surface area contributed by atoms with E-state index in [1.165, 1.54) is 12.1 Å². The summed E-state index contributed by atoms with van der Waals surface area (Å²) in [7, 11) is 0. The molecular formula is C21H30FN3O4. The number of aliphatic hydroxyl groups is 1. The molecule has 0 radical (unpaired) electrons. The maximum atomic E-state index is 13.3. The maximum Gasteiger partial charge on any atom is 0.409 e. The molecule has 160 valence electrons. The Bertz CT molecular complexity index is 709. The molecule has 2 N–H and O–H groups in total. The van der Waals surface area contributed by atoms with Crippen molar-refractivity contribution in [1.29, 1.82) is 0 Å². The first kappa shape index (κ1) is 21.5. The summed E-state index contributed by atoms with van der Waals surface area (Å²) in [6, 6.07) is 5.95. The fourth-order valence-corrected chi connectivity index (χ4v) is 4.16. The summed E-state index contributed by atoms with van der Waals surface area (Å²) in [4.78, 5) is 28.3. The maximum absolute atomic E-state index is 13.3. The predicted octanol–water partition coefficient (Wildman–Crippen LogP) is 1.54. The van der Waals surface area contributed by atoms with Gasteiger partial charge in [0.05, 0.1) is 25.2 Å². The topological polar surface area (TPSA) is 82.1 Å². The monoisotopic (exact) mass is 407 g/mol. The summed E-state index contributed by atoms with van der Waals surface area (Å²) >= 11 is 0. The molecule has 0 spiro atoms. The third-order valence-corrected chi connectivity index (χ3v) is 5.71. The van der Waals surface area contributed by atoms with Crippen molar-refractivity contribution in [1.82, 2.24) is 15.1 Å². The lowest BCUT2D eigenvalue weighted by atomic mass is 9.96. The zero-order valence-electron chi connectivity index (χ0n) is 16.8. The van der Waals surface area contributed by atoms with Crippen molar-refractivity contribution in [2.75, 3.05) is 32.8 Å². The quantitative estimate of drug-likeness (QED) is 0.774. The summed E-state index contributed by atoms with van der Waals surface area (Å²) in [5.74, 6) is -0.591. The molecule has 0 aromatic heterocycles. The summed E-state index contributed by atoms with van der Waals surface area (Å²) in [5.41, 5.74) is 0.607. The van der Waals surface area contributed by atoms with Crippen LogP contribution < -0.4 is 5.32 Å². The molecule has 2 aliphatic heterocycles. The molecular weight excluding hydrogens is 377 g/mol. The standard InChI is InChI=1S/C21H30FN3O4/c1-2-29-21(28)24-9-6-17(7-10-24)25-11-8-19(26)18(14-25)23-20(27)13-15-4-3-5-16(22)12-15/h3-5,12,17-19,26H,2,6-11,13-14H2,1H3,(H,23,27)/t18-,19+/m1/s1. The molecule has 29 heavy (non-hydrogen) atoms. The minimum absolute atomic E-state index is 0.0823. The molecule has 2 amide bonds. The number of rotatable bonds is 5. The van der Waals surface area contributed by atoms with E-state index in [4.69, 9.17) is 4.74 Å². The molecule has 1 aromatic rings. The van der Waals surface area contributed by atoms with E-state index in [2.05, 4.69) is 10.2 Å². The number of nitrogens with one attached hydrogen (secondary N) is 1. The fourth-order valence-electron chi connectivity index (χ4n) is 4.16. The molecule has 2 aliphatic rings. The van der Waals surface area contributed by atoms with Gasteiger partial charge in [-0.1, -0.05) is 12.1 Å². The van der Waals surface area contributed by atoms with Crippen molar-refractivity contribution >= 4 is 12.0 Å². The predicted molar refractivity (Wildman–Crippen MR) is 106 cm³/mol. The third kappa shape index (κ3) is 5.90. The van der Waals surface area contributed by atoms with Gasteiger partial charge in [0, 0.05) is 32.2 Å². The number of halogens is 1. The van der Waals surface area contributed by atoms with Gasteiger partial charge in [-0.15, -0.1) is 0 Å². The zero-order valence-corrected chi connectivity index (χ0v) is 16.8. The van der Waals surface area contributed by atoms with Crippen LogP contribution in [-0.2, 0) is 16.0 Å². The van der Waals surface area contributed by atoms with Gasteiger partial charge in [0.25, 0.3) is 0 Å². The second-order valence-electron chi connectivity index (χ2n) is 7.75. The number of ether oxygens (including phenoxy) is 1. The Hall–Kier alpha value is -2.19. The molecule has 7 nitrogen and oxygen atoms in total. The van der Waals surface area contributed by atoms with Gasteiger partial charge in [-0.3, -0.25) is 9.69 Å². The van der Waals surface area contributed by atoms with Crippen LogP contribution in [0.4, 0.5) is 9.18 Å². The number of amides is 2. The van der Waals surface area contributed by atoms with Crippen molar-refractivity contribution < 1.29 is 23.8 Å². The lowest BCUT2D eigenvalue weighted by Gasteiger charge is -2.43. The van der Waals surface area contributed by atoms with Gasteiger partial charge in [-0.05, 0) is 43.9 Å². The number of piperidine rings is 2.